The van der Waals surface area contributed by atoms with Gasteiger partial charge in [-0.1, -0.05) is 58.0 Å². The maximum Gasteiger partial charge on any atom is 0.425 e. The number of ketones is 2. The number of aliphatic hydroxyl groups excluding tert-OH is 1. The van der Waals surface area contributed by atoms with Crippen LogP contribution >= 0.6 is 0 Å². The van der Waals surface area contributed by atoms with E-state index in [1.54, 1.807) is 47.7 Å². The second-order valence-corrected chi connectivity index (χ2v) is 16.7. The Morgan fingerprint density at radius 2 is 1.74 bits per heavy atom. The van der Waals surface area contributed by atoms with E-state index in [0.717, 1.165) is 16.5 Å². The van der Waals surface area contributed by atoms with E-state index in [-0.39, 0.29) is 37.3 Å². The molecule has 3 unspecified atom stereocenters. The summed E-state index contributed by atoms with van der Waals surface area (Å²) in [5.41, 5.74) is 2.22. The van der Waals surface area contributed by atoms with Gasteiger partial charge in [0.1, 0.15) is 30.0 Å². The number of hydrazine groups is 1. The number of carbonyl (C=O) groups excluding carboxylic acids is 4. The van der Waals surface area contributed by atoms with E-state index >= 15 is 0 Å². The van der Waals surface area contributed by atoms with Crippen molar-refractivity contribution in [3.05, 3.63) is 48.2 Å². The van der Waals surface area contributed by atoms with Crippen LogP contribution in [0.4, 0.5) is 4.79 Å². The Labute approximate surface area is 336 Å². The highest BCUT2D eigenvalue weighted by molar-refractivity contribution is 6.00. The Balaban J connectivity index is 1.49. The molecule has 14 heteroatoms. The van der Waals surface area contributed by atoms with Crippen LogP contribution < -0.4 is 5.43 Å². The molecular weight excluding hydrogens is 732 g/mol. The van der Waals surface area contributed by atoms with E-state index in [1.165, 1.54) is 19.0 Å². The predicted molar refractivity (Wildman–Crippen MR) is 213 cm³/mol. The third-order valence-electron chi connectivity index (χ3n) is 12.4. The van der Waals surface area contributed by atoms with Crippen molar-refractivity contribution in [2.45, 2.75) is 129 Å². The normalized spacial score (nSPS) is 37.4. The Hall–Kier alpha value is -3.79. The van der Waals surface area contributed by atoms with E-state index in [1.807, 2.05) is 68.4 Å². The molecule has 1 aromatic heterocycles. The van der Waals surface area contributed by atoms with Gasteiger partial charge in [-0.15, -0.1) is 0 Å². The lowest BCUT2D eigenvalue weighted by atomic mass is 9.73. The number of methoxy groups -OCH3 is 1. The zero-order chi connectivity index (χ0) is 42.0. The summed E-state index contributed by atoms with van der Waals surface area (Å²) in [4.78, 5) is 63.0. The third kappa shape index (κ3) is 8.96. The molecule has 0 saturated carbocycles. The number of pyridine rings is 1. The predicted octanol–water partition coefficient (Wildman–Crippen LogP) is 4.96. The molecule has 3 saturated heterocycles. The van der Waals surface area contributed by atoms with Crippen LogP contribution in [0.25, 0.3) is 17.0 Å². The van der Waals surface area contributed by atoms with Gasteiger partial charge in [-0.25, -0.2) is 15.2 Å². The van der Waals surface area contributed by atoms with E-state index in [9.17, 15) is 24.3 Å². The number of hydrogen-bond donors (Lipinski definition) is 2. The maximum absolute atomic E-state index is 14.7. The molecule has 14 nitrogen and oxygen atoms in total. The molecule has 3 fully saturated rings. The Morgan fingerprint density at radius 1 is 1.04 bits per heavy atom. The monoisotopic (exact) mass is 794 g/mol. The lowest BCUT2D eigenvalue weighted by Crippen LogP contribution is -2.61. The number of amides is 1. The summed E-state index contributed by atoms with van der Waals surface area (Å²) >= 11 is 0. The zero-order valence-electron chi connectivity index (χ0n) is 35.3. The molecule has 4 heterocycles. The van der Waals surface area contributed by atoms with Gasteiger partial charge in [-0.2, -0.15) is 0 Å². The molecule has 1 aromatic carbocycles. The van der Waals surface area contributed by atoms with Crippen LogP contribution in [0.5, 0.6) is 0 Å². The van der Waals surface area contributed by atoms with Gasteiger partial charge in [0.2, 0.25) is 0 Å². The number of fused-ring (bicyclic) bond motifs is 2. The molecule has 3 aliphatic rings. The number of rotatable bonds is 9. The molecule has 0 radical (unpaired) electrons. The highest BCUT2D eigenvalue weighted by Gasteiger charge is 2.61. The fourth-order valence-electron chi connectivity index (χ4n) is 9.13. The minimum Gasteiger partial charge on any atom is -0.458 e. The van der Waals surface area contributed by atoms with Crippen LogP contribution in [0.15, 0.2) is 42.6 Å². The second-order valence-electron chi connectivity index (χ2n) is 16.7. The quantitative estimate of drug-likeness (QED) is 0.259. The summed E-state index contributed by atoms with van der Waals surface area (Å²) < 4.78 is 31.1. The fourth-order valence-corrected chi connectivity index (χ4v) is 9.13. The molecule has 1 amide bonds. The van der Waals surface area contributed by atoms with Crippen molar-refractivity contribution in [3.8, 4) is 0 Å². The van der Waals surface area contributed by atoms with Gasteiger partial charge in [0.05, 0.1) is 23.3 Å². The highest BCUT2D eigenvalue weighted by atomic mass is 16.7. The molecule has 314 valence electrons. The van der Waals surface area contributed by atoms with Gasteiger partial charge in [-0.3, -0.25) is 19.4 Å². The lowest BCUT2D eigenvalue weighted by molar-refractivity contribution is -0.295. The van der Waals surface area contributed by atoms with E-state index in [0.29, 0.717) is 6.42 Å². The minimum absolute atomic E-state index is 0.106. The summed E-state index contributed by atoms with van der Waals surface area (Å²) in [5, 5.41) is 13.7. The molecule has 2 N–H and O–H groups in total. The number of nitrogens with one attached hydrogen (secondary N) is 1. The van der Waals surface area contributed by atoms with Crippen LogP contribution in [0.1, 0.15) is 80.2 Å². The smallest absolute Gasteiger partial charge is 0.425 e. The van der Waals surface area contributed by atoms with Crippen LogP contribution in [0.2, 0.25) is 0 Å². The molecular formula is C43H62N4O10. The number of Topliss-reactive ketones (excluding diaryl/α,β-unsaturated/α-hetero) is 2. The molecule has 0 bridgehead atoms. The largest absolute Gasteiger partial charge is 0.458 e. The molecule has 5 rings (SSSR count). The number of benzene rings is 1. The zero-order valence-corrected chi connectivity index (χ0v) is 35.3. The number of nitrogens with zero attached hydrogens (tertiary/aromatic N) is 3. The highest BCUT2D eigenvalue weighted by Crippen LogP contribution is 2.42. The molecule has 0 aliphatic carbocycles. The van der Waals surface area contributed by atoms with Crippen molar-refractivity contribution in [2.24, 2.45) is 23.7 Å². The topological polar surface area (TPSA) is 166 Å². The third-order valence-corrected chi connectivity index (χ3v) is 12.4. The van der Waals surface area contributed by atoms with Gasteiger partial charge in [0.15, 0.2) is 17.7 Å². The van der Waals surface area contributed by atoms with Crippen LogP contribution in [0, 0.1) is 23.7 Å². The van der Waals surface area contributed by atoms with Gasteiger partial charge < -0.3 is 33.7 Å². The van der Waals surface area contributed by atoms with E-state index < -0.39 is 83.4 Å². The van der Waals surface area contributed by atoms with Crippen molar-refractivity contribution in [2.75, 3.05) is 27.7 Å². The van der Waals surface area contributed by atoms with Crippen LogP contribution in [0.3, 0.4) is 0 Å². The summed E-state index contributed by atoms with van der Waals surface area (Å²) in [6, 6.07) is 8.49. The number of cyclic esters (lactones) is 1. The number of esters is 1. The molecule has 3 aliphatic heterocycles. The first-order valence-corrected chi connectivity index (χ1v) is 20.1. The first kappa shape index (κ1) is 44.3. The maximum atomic E-state index is 14.7. The summed E-state index contributed by atoms with van der Waals surface area (Å²) in [5.74, 6) is -5.17. The lowest BCUT2D eigenvalue weighted by Gasteiger charge is -2.47. The summed E-state index contributed by atoms with van der Waals surface area (Å²) in [7, 11) is 5.22. The molecule has 57 heavy (non-hydrogen) atoms. The SMILES string of the molecule is CC[C@H]1OC(=O)[C@H](C)C(=O)[C@H](C)[C@@H](O[C@@H]2OC(C)CC(N(C)C)C2O)[C@](C)(OC)C[C@@H](C)C(=O)[C@H](C)[C@H]2N(NC/C=C/c3ccnc4ccccc34)C(=O)O[C@]12C. The van der Waals surface area contributed by atoms with Crippen LogP contribution in [-0.2, 0) is 38.1 Å². The van der Waals surface area contributed by atoms with Gasteiger partial charge in [-0.05, 0) is 78.7 Å². The molecule has 2 aromatic rings. The number of likely N-dealkylation sites (N-methyl/N-ethyl adjacent to an activating group) is 1. The number of ether oxygens (including phenoxy) is 5. The summed E-state index contributed by atoms with van der Waals surface area (Å²) in [6.07, 6.45) is 1.21. The van der Waals surface area contributed by atoms with Crippen molar-refractivity contribution >= 4 is 40.6 Å². The van der Waals surface area contributed by atoms with Gasteiger partial charge >= 0.3 is 12.1 Å². The minimum atomic E-state index is -1.48. The van der Waals surface area contributed by atoms with E-state index in [2.05, 4.69) is 10.4 Å². The first-order valence-electron chi connectivity index (χ1n) is 20.1. The standard InChI is InChI=1S/C43H62N4O10/c1-12-33-43(8)37(47(41(52)57-43)45-20-15-16-29-19-21-44-31-18-14-13-17-30(29)31)26(4)34(48)24(2)23-42(7,53-11)38(27(5)35(49)28(6)39(51)55-33)56-40-36(50)32(46(9)10)22-25(3)54-40/h13-19,21,24-28,32-33,36-38,40,45,50H,12,20,22-23H2,1-11H3/b16-15+/t24-,25?,26+,27+,28-,32?,33-,36?,37-,38-,40+,42-,43-/m1/s1. The Morgan fingerprint density at radius 3 is 2.40 bits per heavy atom. The number of aliphatic hydroxyl groups is 1. The van der Waals surface area contributed by atoms with Crippen molar-refractivity contribution in [1.82, 2.24) is 20.3 Å². The fraction of sp³-hybridized carbons (Fsp3) is 0.651. The Kier molecular flexibility index (Phi) is 14.0. The number of carbonyl (C=O) groups is 4. The second kappa shape index (κ2) is 18.0. The first-order chi connectivity index (χ1) is 26.9. The van der Waals surface area contributed by atoms with Gasteiger partial charge in [0.25, 0.3) is 0 Å². The van der Waals surface area contributed by atoms with E-state index in [4.69, 9.17) is 23.7 Å². The summed E-state index contributed by atoms with van der Waals surface area (Å²) in [6.45, 7) is 14.0. The number of para-hydroxylation sites is 1. The van der Waals surface area contributed by atoms with Crippen molar-refractivity contribution < 1.29 is 48.0 Å². The van der Waals surface area contributed by atoms with Crippen LogP contribution in [-0.4, -0.2) is 125 Å². The molecule has 0 spiro atoms. The van der Waals surface area contributed by atoms with Gasteiger partial charge in [0, 0.05) is 49.0 Å². The number of aromatic nitrogens is 1. The van der Waals surface area contributed by atoms with Crippen molar-refractivity contribution in [1.29, 1.82) is 0 Å². The average molecular weight is 795 g/mol. The van der Waals surface area contributed by atoms with Crippen molar-refractivity contribution in [3.63, 3.8) is 0 Å². The average Bonchev–Trinajstić information content (AvgIpc) is 3.45. The molecule has 13 atom stereocenters. The Bertz CT molecular complexity index is 1800. The number of hydrogen-bond acceptors (Lipinski definition) is 13.